The molecule has 1 aromatic carbocycles. The first-order valence-electron chi connectivity index (χ1n) is 10.9. The molecular formula is C22H33N5O2. The fraction of sp³-hybridized carbons (Fsp3) is 0.636. The van der Waals surface area contributed by atoms with Gasteiger partial charge in [-0.1, -0.05) is 24.3 Å². The van der Waals surface area contributed by atoms with Crippen LogP contribution in [0, 0.1) is 0 Å². The summed E-state index contributed by atoms with van der Waals surface area (Å²) >= 11 is 0. The summed E-state index contributed by atoms with van der Waals surface area (Å²) in [6.07, 6.45) is 2.07. The highest BCUT2D eigenvalue weighted by molar-refractivity contribution is 5.85. The third-order valence-electron chi connectivity index (χ3n) is 6.21. The summed E-state index contributed by atoms with van der Waals surface area (Å²) in [6.45, 7) is 10.2. The molecule has 3 aliphatic rings. The average molecular weight is 400 g/mol. The van der Waals surface area contributed by atoms with Crippen LogP contribution in [0.2, 0.25) is 0 Å². The number of hydrogen-bond acceptors (Lipinski definition) is 4. The number of morpholine rings is 1. The molecule has 1 unspecified atom stereocenters. The van der Waals surface area contributed by atoms with Crippen molar-refractivity contribution >= 4 is 11.9 Å². The molecule has 4 rings (SSSR count). The number of aliphatic imine (C=N–C) groups is 1. The first kappa shape index (κ1) is 20.2. The number of guanidine groups is 1. The van der Waals surface area contributed by atoms with Crippen LogP contribution in [-0.2, 0) is 22.5 Å². The van der Waals surface area contributed by atoms with Crippen LogP contribution in [0.4, 0.5) is 0 Å². The summed E-state index contributed by atoms with van der Waals surface area (Å²) in [5.41, 5.74) is 2.62. The lowest BCUT2D eigenvalue weighted by molar-refractivity contribution is -0.130. The summed E-state index contributed by atoms with van der Waals surface area (Å²) in [5.74, 6) is 0.979. The highest BCUT2D eigenvalue weighted by Crippen LogP contribution is 2.19. The van der Waals surface area contributed by atoms with Crippen molar-refractivity contribution in [1.29, 1.82) is 0 Å². The zero-order chi connectivity index (χ0) is 20.1. The highest BCUT2D eigenvalue weighted by Gasteiger charge is 2.30. The number of benzene rings is 1. The topological polar surface area (TPSA) is 60.4 Å². The first-order chi connectivity index (χ1) is 14.2. The van der Waals surface area contributed by atoms with Crippen LogP contribution in [0.25, 0.3) is 0 Å². The Morgan fingerprint density at radius 2 is 1.93 bits per heavy atom. The molecular weight excluding hydrogens is 366 g/mol. The molecule has 0 aromatic heterocycles. The quantitative estimate of drug-likeness (QED) is 0.603. The fourth-order valence-corrected chi connectivity index (χ4v) is 4.55. The van der Waals surface area contributed by atoms with Gasteiger partial charge in [-0.05, 0) is 30.9 Å². The van der Waals surface area contributed by atoms with Crippen molar-refractivity contribution in [3.8, 4) is 0 Å². The summed E-state index contributed by atoms with van der Waals surface area (Å²) in [5, 5.41) is 3.38. The Labute approximate surface area is 173 Å². The van der Waals surface area contributed by atoms with Crippen LogP contribution in [0.5, 0.6) is 0 Å². The SMILES string of the molecule is CCNC(=NCC(=O)N1CCc2ccccc2C1)N1CCC(N2CCOCC2)C1. The van der Waals surface area contributed by atoms with Crippen molar-refractivity contribution in [1.82, 2.24) is 20.0 Å². The van der Waals surface area contributed by atoms with Gasteiger partial charge >= 0.3 is 0 Å². The predicted octanol–water partition coefficient (Wildman–Crippen LogP) is 0.943. The van der Waals surface area contributed by atoms with E-state index < -0.39 is 0 Å². The number of ether oxygens (including phenoxy) is 1. The van der Waals surface area contributed by atoms with Crippen molar-refractivity contribution < 1.29 is 9.53 Å². The molecule has 0 bridgehead atoms. The van der Waals surface area contributed by atoms with Crippen LogP contribution >= 0.6 is 0 Å². The maximum Gasteiger partial charge on any atom is 0.244 e. The summed E-state index contributed by atoms with van der Waals surface area (Å²) < 4.78 is 5.48. The molecule has 29 heavy (non-hydrogen) atoms. The number of carbonyl (C=O) groups is 1. The Morgan fingerprint density at radius 1 is 1.14 bits per heavy atom. The Morgan fingerprint density at radius 3 is 2.72 bits per heavy atom. The van der Waals surface area contributed by atoms with Crippen molar-refractivity contribution in [3.63, 3.8) is 0 Å². The van der Waals surface area contributed by atoms with E-state index in [1.807, 2.05) is 11.0 Å². The van der Waals surface area contributed by atoms with Gasteiger partial charge in [0.15, 0.2) is 5.96 Å². The number of likely N-dealkylation sites (tertiary alicyclic amines) is 1. The number of nitrogens with one attached hydrogen (secondary N) is 1. The van der Waals surface area contributed by atoms with E-state index in [9.17, 15) is 4.79 Å². The van der Waals surface area contributed by atoms with Gasteiger partial charge in [-0.3, -0.25) is 9.69 Å². The van der Waals surface area contributed by atoms with Crippen LogP contribution < -0.4 is 5.32 Å². The molecule has 0 spiro atoms. The van der Waals surface area contributed by atoms with Gasteiger partial charge in [0.1, 0.15) is 6.54 Å². The molecule has 1 N–H and O–H groups in total. The number of amides is 1. The number of fused-ring (bicyclic) bond motifs is 1. The number of hydrogen-bond donors (Lipinski definition) is 1. The van der Waals surface area contributed by atoms with Crippen LogP contribution in [-0.4, -0.2) is 91.6 Å². The monoisotopic (exact) mass is 399 g/mol. The molecule has 7 nitrogen and oxygen atoms in total. The normalized spacial score (nSPS) is 23.2. The van der Waals surface area contributed by atoms with Crippen molar-refractivity contribution in [2.45, 2.75) is 32.4 Å². The van der Waals surface area contributed by atoms with E-state index in [1.54, 1.807) is 0 Å². The minimum Gasteiger partial charge on any atom is -0.379 e. The third kappa shape index (κ3) is 4.90. The maximum atomic E-state index is 12.8. The average Bonchev–Trinajstić information content (AvgIpc) is 3.27. The van der Waals surface area contributed by atoms with E-state index in [-0.39, 0.29) is 12.5 Å². The van der Waals surface area contributed by atoms with Gasteiger partial charge in [-0.2, -0.15) is 0 Å². The van der Waals surface area contributed by atoms with Gasteiger partial charge < -0.3 is 19.9 Å². The van der Waals surface area contributed by atoms with E-state index in [0.717, 1.165) is 71.3 Å². The van der Waals surface area contributed by atoms with Gasteiger partial charge in [0, 0.05) is 51.9 Å². The standard InChI is InChI=1S/C22H33N5O2/c1-2-23-22(27-10-8-20(17-27)25-11-13-29-14-12-25)24-15-21(28)26-9-7-18-5-3-4-6-19(18)16-26/h3-6,20H,2,7-17H2,1H3,(H,23,24). The van der Waals surface area contributed by atoms with E-state index in [2.05, 4.69) is 40.2 Å². The number of rotatable bonds is 4. The Hall–Kier alpha value is -2.12. The zero-order valence-corrected chi connectivity index (χ0v) is 17.5. The number of nitrogens with zero attached hydrogens (tertiary/aromatic N) is 4. The molecule has 3 aliphatic heterocycles. The van der Waals surface area contributed by atoms with E-state index in [0.29, 0.717) is 12.6 Å². The molecule has 0 aliphatic carbocycles. The molecule has 1 atom stereocenters. The summed E-state index contributed by atoms with van der Waals surface area (Å²) in [7, 11) is 0. The highest BCUT2D eigenvalue weighted by atomic mass is 16.5. The lowest BCUT2D eigenvalue weighted by Gasteiger charge is -2.32. The van der Waals surface area contributed by atoms with Crippen LogP contribution in [0.3, 0.4) is 0 Å². The lowest BCUT2D eigenvalue weighted by atomic mass is 10.00. The molecule has 1 amide bonds. The van der Waals surface area contributed by atoms with E-state index >= 15 is 0 Å². The molecule has 0 saturated carbocycles. The second-order valence-electron chi connectivity index (χ2n) is 8.04. The van der Waals surface area contributed by atoms with Gasteiger partial charge in [0.25, 0.3) is 0 Å². The maximum absolute atomic E-state index is 12.8. The van der Waals surface area contributed by atoms with Gasteiger partial charge in [0.05, 0.1) is 13.2 Å². The Balaban J connectivity index is 1.34. The lowest BCUT2D eigenvalue weighted by Crippen LogP contribution is -2.47. The van der Waals surface area contributed by atoms with Gasteiger partial charge in [0.2, 0.25) is 5.91 Å². The summed E-state index contributed by atoms with van der Waals surface area (Å²) in [4.78, 5) is 24.3. The molecule has 2 saturated heterocycles. The fourth-order valence-electron chi connectivity index (χ4n) is 4.55. The smallest absolute Gasteiger partial charge is 0.244 e. The number of carbonyl (C=O) groups excluding carboxylic acids is 1. The van der Waals surface area contributed by atoms with E-state index in [1.165, 1.54) is 11.1 Å². The molecule has 7 heteroatoms. The van der Waals surface area contributed by atoms with Gasteiger partial charge in [-0.25, -0.2) is 4.99 Å². The van der Waals surface area contributed by atoms with Gasteiger partial charge in [-0.15, -0.1) is 0 Å². The zero-order valence-electron chi connectivity index (χ0n) is 17.5. The predicted molar refractivity (Wildman–Crippen MR) is 114 cm³/mol. The third-order valence-corrected chi connectivity index (χ3v) is 6.21. The summed E-state index contributed by atoms with van der Waals surface area (Å²) in [6, 6.07) is 8.96. The van der Waals surface area contributed by atoms with Crippen LogP contribution in [0.1, 0.15) is 24.5 Å². The minimum atomic E-state index is 0.110. The molecule has 2 fully saturated rings. The minimum absolute atomic E-state index is 0.110. The Kier molecular flexibility index (Phi) is 6.67. The Bertz CT molecular complexity index is 732. The molecule has 3 heterocycles. The largest absolute Gasteiger partial charge is 0.379 e. The van der Waals surface area contributed by atoms with Crippen LogP contribution in [0.15, 0.2) is 29.3 Å². The first-order valence-corrected chi connectivity index (χ1v) is 10.9. The van der Waals surface area contributed by atoms with Crippen molar-refractivity contribution in [2.75, 3.05) is 59.0 Å². The second kappa shape index (κ2) is 9.59. The van der Waals surface area contributed by atoms with Crippen molar-refractivity contribution in [3.05, 3.63) is 35.4 Å². The van der Waals surface area contributed by atoms with E-state index in [4.69, 9.17) is 9.73 Å². The molecule has 1 aromatic rings. The molecule has 158 valence electrons. The second-order valence-corrected chi connectivity index (χ2v) is 8.04. The molecule has 0 radical (unpaired) electrons. The van der Waals surface area contributed by atoms with Crippen molar-refractivity contribution in [2.24, 2.45) is 4.99 Å².